The number of nitrogens with one attached hydrogen (secondary N) is 2. The zero-order valence-electron chi connectivity index (χ0n) is 14.2. The molecule has 1 fully saturated rings. The van der Waals surface area contributed by atoms with Gasteiger partial charge in [-0.2, -0.15) is 5.10 Å². The van der Waals surface area contributed by atoms with Gasteiger partial charge < -0.3 is 15.4 Å². The second kappa shape index (κ2) is 7.05. The monoisotopic (exact) mass is 328 g/mol. The molecule has 2 N–H and O–H groups in total. The van der Waals surface area contributed by atoms with Crippen LogP contribution in [0.5, 0.6) is 5.75 Å². The average Bonchev–Trinajstić information content (AvgIpc) is 3.12. The SMILES string of the molecule is CC(C)Oc1ccc(NC(=O)C2(n3cccn3)CCNCC2)cc1. The number of piperidine rings is 1. The Hall–Kier alpha value is -2.34. The van der Waals surface area contributed by atoms with Crippen molar-refractivity contribution < 1.29 is 9.53 Å². The molecule has 1 aromatic heterocycles. The van der Waals surface area contributed by atoms with Crippen molar-refractivity contribution in [2.45, 2.75) is 38.3 Å². The summed E-state index contributed by atoms with van der Waals surface area (Å²) >= 11 is 0. The van der Waals surface area contributed by atoms with Gasteiger partial charge >= 0.3 is 0 Å². The largest absolute Gasteiger partial charge is 0.491 e. The number of hydrogen-bond acceptors (Lipinski definition) is 4. The maximum atomic E-state index is 13.0. The predicted octanol–water partition coefficient (Wildman–Crippen LogP) is 2.39. The second-order valence-electron chi connectivity index (χ2n) is 6.38. The van der Waals surface area contributed by atoms with Crippen molar-refractivity contribution >= 4 is 11.6 Å². The Balaban J connectivity index is 1.76. The number of rotatable bonds is 5. The summed E-state index contributed by atoms with van der Waals surface area (Å²) in [6.07, 6.45) is 5.15. The molecular weight excluding hydrogens is 304 g/mol. The van der Waals surface area contributed by atoms with Gasteiger partial charge in [-0.15, -0.1) is 0 Å². The van der Waals surface area contributed by atoms with Crippen LogP contribution >= 0.6 is 0 Å². The van der Waals surface area contributed by atoms with Crippen LogP contribution < -0.4 is 15.4 Å². The van der Waals surface area contributed by atoms with E-state index in [0.717, 1.165) is 37.4 Å². The third-order valence-electron chi connectivity index (χ3n) is 4.28. The molecule has 1 aliphatic rings. The zero-order valence-corrected chi connectivity index (χ0v) is 14.2. The van der Waals surface area contributed by atoms with Crippen LogP contribution in [0.2, 0.25) is 0 Å². The fraction of sp³-hybridized carbons (Fsp3) is 0.444. The van der Waals surface area contributed by atoms with Crippen LogP contribution in [0.4, 0.5) is 5.69 Å². The summed E-state index contributed by atoms with van der Waals surface area (Å²) < 4.78 is 7.43. The van der Waals surface area contributed by atoms with E-state index in [1.54, 1.807) is 10.9 Å². The summed E-state index contributed by atoms with van der Waals surface area (Å²) in [5.74, 6) is 0.775. The normalized spacial score (nSPS) is 16.8. The molecule has 2 aromatic rings. The van der Waals surface area contributed by atoms with E-state index < -0.39 is 5.54 Å². The molecule has 0 bridgehead atoms. The molecule has 3 rings (SSSR count). The second-order valence-corrected chi connectivity index (χ2v) is 6.38. The first-order valence-corrected chi connectivity index (χ1v) is 8.39. The van der Waals surface area contributed by atoms with Gasteiger partial charge in [0.25, 0.3) is 5.91 Å². The maximum Gasteiger partial charge on any atom is 0.252 e. The number of aromatic nitrogens is 2. The molecule has 0 atom stereocenters. The van der Waals surface area contributed by atoms with E-state index in [0.29, 0.717) is 0 Å². The lowest BCUT2D eigenvalue weighted by Crippen LogP contribution is -2.52. The molecule has 128 valence electrons. The molecule has 6 nitrogen and oxygen atoms in total. The zero-order chi connectivity index (χ0) is 17.0. The highest BCUT2D eigenvalue weighted by Crippen LogP contribution is 2.29. The topological polar surface area (TPSA) is 68.2 Å². The van der Waals surface area contributed by atoms with Crippen LogP contribution in [0.15, 0.2) is 42.7 Å². The molecule has 0 spiro atoms. The predicted molar refractivity (Wildman–Crippen MR) is 93.1 cm³/mol. The van der Waals surface area contributed by atoms with Crippen molar-refractivity contribution in [2.24, 2.45) is 0 Å². The molecule has 0 unspecified atom stereocenters. The lowest BCUT2D eigenvalue weighted by atomic mass is 9.87. The van der Waals surface area contributed by atoms with Crippen LogP contribution in [0.25, 0.3) is 0 Å². The summed E-state index contributed by atoms with van der Waals surface area (Å²) in [4.78, 5) is 13.0. The highest BCUT2D eigenvalue weighted by atomic mass is 16.5. The van der Waals surface area contributed by atoms with E-state index in [2.05, 4.69) is 15.7 Å². The third-order valence-corrected chi connectivity index (χ3v) is 4.28. The Kier molecular flexibility index (Phi) is 4.85. The van der Waals surface area contributed by atoms with Gasteiger partial charge in [0.1, 0.15) is 11.3 Å². The molecule has 24 heavy (non-hydrogen) atoms. The highest BCUT2D eigenvalue weighted by Gasteiger charge is 2.41. The lowest BCUT2D eigenvalue weighted by molar-refractivity contribution is -0.126. The Morgan fingerprint density at radius 2 is 2.00 bits per heavy atom. The van der Waals surface area contributed by atoms with Crippen molar-refractivity contribution in [3.63, 3.8) is 0 Å². The van der Waals surface area contributed by atoms with Gasteiger partial charge in [0.15, 0.2) is 0 Å². The number of benzene rings is 1. The molecule has 1 amide bonds. The molecule has 1 aromatic carbocycles. The number of ether oxygens (including phenoxy) is 1. The maximum absolute atomic E-state index is 13.0. The molecule has 1 saturated heterocycles. The van der Waals surface area contributed by atoms with E-state index in [1.807, 2.05) is 50.4 Å². The van der Waals surface area contributed by atoms with Gasteiger partial charge in [0, 0.05) is 18.1 Å². The Morgan fingerprint density at radius 1 is 1.29 bits per heavy atom. The van der Waals surface area contributed by atoms with Gasteiger partial charge in [0.2, 0.25) is 0 Å². The Morgan fingerprint density at radius 3 is 2.58 bits per heavy atom. The van der Waals surface area contributed by atoms with E-state index >= 15 is 0 Å². The van der Waals surface area contributed by atoms with Crippen molar-refractivity contribution in [1.82, 2.24) is 15.1 Å². The number of amides is 1. The minimum Gasteiger partial charge on any atom is -0.491 e. The van der Waals surface area contributed by atoms with Crippen LogP contribution in [0, 0.1) is 0 Å². The molecule has 2 heterocycles. The Labute approximate surface area is 142 Å². The fourth-order valence-corrected chi connectivity index (χ4v) is 3.06. The number of anilines is 1. The molecule has 1 aliphatic heterocycles. The van der Waals surface area contributed by atoms with Crippen molar-refractivity contribution in [1.29, 1.82) is 0 Å². The fourth-order valence-electron chi connectivity index (χ4n) is 3.06. The highest BCUT2D eigenvalue weighted by molar-refractivity contribution is 5.96. The summed E-state index contributed by atoms with van der Waals surface area (Å²) in [6, 6.07) is 9.34. The smallest absolute Gasteiger partial charge is 0.252 e. The van der Waals surface area contributed by atoms with Crippen LogP contribution in [0.1, 0.15) is 26.7 Å². The minimum absolute atomic E-state index is 0.0229. The standard InChI is InChI=1S/C18H24N4O2/c1-14(2)24-16-6-4-15(5-7-16)21-17(23)18(8-11-19-12-9-18)22-13-3-10-20-22/h3-7,10,13-14,19H,8-9,11-12H2,1-2H3,(H,21,23). The van der Waals surface area contributed by atoms with E-state index in [9.17, 15) is 4.79 Å². The number of carbonyl (C=O) groups excluding carboxylic acids is 1. The van der Waals surface area contributed by atoms with E-state index in [4.69, 9.17) is 4.74 Å². The quantitative estimate of drug-likeness (QED) is 0.884. The first-order chi connectivity index (χ1) is 11.6. The van der Waals surface area contributed by atoms with Crippen molar-refractivity contribution in [3.8, 4) is 5.75 Å². The molecule has 0 radical (unpaired) electrons. The van der Waals surface area contributed by atoms with Crippen LogP contribution in [-0.4, -0.2) is 34.9 Å². The molecule has 0 saturated carbocycles. The average molecular weight is 328 g/mol. The number of carbonyl (C=O) groups is 1. The van der Waals surface area contributed by atoms with Crippen LogP contribution in [0.3, 0.4) is 0 Å². The van der Waals surface area contributed by atoms with Gasteiger partial charge in [0.05, 0.1) is 6.10 Å². The summed E-state index contributed by atoms with van der Waals surface area (Å²) in [6.45, 7) is 5.57. The van der Waals surface area contributed by atoms with Crippen molar-refractivity contribution in [2.75, 3.05) is 18.4 Å². The number of nitrogens with zero attached hydrogens (tertiary/aromatic N) is 2. The van der Waals surface area contributed by atoms with E-state index in [-0.39, 0.29) is 12.0 Å². The first-order valence-electron chi connectivity index (χ1n) is 8.39. The van der Waals surface area contributed by atoms with Crippen LogP contribution in [-0.2, 0) is 10.3 Å². The lowest BCUT2D eigenvalue weighted by Gasteiger charge is -2.36. The molecule has 0 aliphatic carbocycles. The first kappa shape index (κ1) is 16.5. The molecular formula is C18H24N4O2. The molecule has 6 heteroatoms. The minimum atomic E-state index is -0.637. The van der Waals surface area contributed by atoms with Gasteiger partial charge in [-0.1, -0.05) is 0 Å². The number of hydrogen-bond donors (Lipinski definition) is 2. The van der Waals surface area contributed by atoms with Crippen molar-refractivity contribution in [3.05, 3.63) is 42.7 Å². The van der Waals surface area contributed by atoms with E-state index in [1.165, 1.54) is 0 Å². The van der Waals surface area contributed by atoms with Gasteiger partial charge in [-0.25, -0.2) is 0 Å². The summed E-state index contributed by atoms with van der Waals surface area (Å²) in [7, 11) is 0. The summed E-state index contributed by atoms with van der Waals surface area (Å²) in [5.41, 5.74) is 0.128. The Bertz CT molecular complexity index is 659. The van der Waals surface area contributed by atoms with Gasteiger partial charge in [-0.3, -0.25) is 9.48 Å². The third kappa shape index (κ3) is 3.43. The van der Waals surface area contributed by atoms with Gasteiger partial charge in [-0.05, 0) is 70.1 Å². The summed E-state index contributed by atoms with van der Waals surface area (Å²) in [5, 5.41) is 10.7.